The summed E-state index contributed by atoms with van der Waals surface area (Å²) in [7, 11) is 0. The predicted molar refractivity (Wildman–Crippen MR) is 109 cm³/mol. The lowest BCUT2D eigenvalue weighted by atomic mass is 10.0. The maximum absolute atomic E-state index is 13.7. The number of carbonyl (C=O) groups excluding carboxylic acids is 2. The number of benzene rings is 2. The van der Waals surface area contributed by atoms with E-state index in [1.165, 1.54) is 6.07 Å². The molecule has 1 aromatic heterocycles. The molecule has 1 N–H and O–H groups in total. The van der Waals surface area contributed by atoms with E-state index in [0.29, 0.717) is 30.8 Å². The minimum atomic E-state index is -4.75. The van der Waals surface area contributed by atoms with Crippen LogP contribution in [0.1, 0.15) is 44.7 Å². The molecule has 0 unspecified atom stereocenters. The van der Waals surface area contributed by atoms with E-state index in [2.05, 4.69) is 10.3 Å². The predicted octanol–water partition coefficient (Wildman–Crippen LogP) is 4.87. The van der Waals surface area contributed by atoms with Gasteiger partial charge in [0.2, 0.25) is 0 Å². The van der Waals surface area contributed by atoms with E-state index in [4.69, 9.17) is 0 Å². The number of anilines is 1. The molecule has 5 rings (SSSR count). The summed E-state index contributed by atoms with van der Waals surface area (Å²) in [6.45, 7) is 1.11. The Morgan fingerprint density at radius 1 is 1.13 bits per heavy atom. The van der Waals surface area contributed by atoms with Gasteiger partial charge in [0.1, 0.15) is 0 Å². The topological polar surface area (TPSA) is 62.3 Å². The largest absolute Gasteiger partial charge is 0.418 e. The van der Waals surface area contributed by atoms with Crippen LogP contribution in [0.15, 0.2) is 48.7 Å². The zero-order valence-corrected chi connectivity index (χ0v) is 16.4. The molecule has 0 bridgehead atoms. The van der Waals surface area contributed by atoms with Crippen molar-refractivity contribution in [3.05, 3.63) is 70.9 Å². The van der Waals surface area contributed by atoms with E-state index < -0.39 is 23.2 Å². The highest BCUT2D eigenvalue weighted by molar-refractivity contribution is 6.16. The number of halogens is 3. The monoisotopic (exact) mass is 425 g/mol. The Balaban J connectivity index is 1.54. The quantitative estimate of drug-likeness (QED) is 0.649. The first-order chi connectivity index (χ1) is 14.8. The second-order valence-electron chi connectivity index (χ2n) is 7.98. The highest BCUT2D eigenvalue weighted by Gasteiger charge is 2.38. The number of hydrogen-bond acceptors (Lipinski definition) is 3. The first-order valence-corrected chi connectivity index (χ1v) is 10.0. The number of para-hydroxylation sites is 1. The fourth-order valence-electron chi connectivity index (χ4n) is 4.07. The van der Waals surface area contributed by atoms with Gasteiger partial charge in [-0.1, -0.05) is 30.3 Å². The van der Waals surface area contributed by atoms with Crippen LogP contribution in [-0.2, 0) is 12.7 Å². The van der Waals surface area contributed by atoms with Gasteiger partial charge >= 0.3 is 6.18 Å². The maximum atomic E-state index is 13.7. The van der Waals surface area contributed by atoms with Crippen molar-refractivity contribution in [1.29, 1.82) is 0 Å². The smallest absolute Gasteiger partial charge is 0.334 e. The average Bonchev–Trinajstić information content (AvgIpc) is 3.49. The fraction of sp³-hybridized carbons (Fsp3) is 0.261. The van der Waals surface area contributed by atoms with Gasteiger partial charge in [-0.05, 0) is 36.5 Å². The lowest BCUT2D eigenvalue weighted by Crippen LogP contribution is -2.27. The summed E-state index contributed by atoms with van der Waals surface area (Å²) in [4.78, 5) is 31.6. The van der Waals surface area contributed by atoms with Gasteiger partial charge < -0.3 is 10.2 Å². The van der Waals surface area contributed by atoms with Crippen LogP contribution >= 0.6 is 0 Å². The molecule has 3 aromatic rings. The number of nitrogens with one attached hydrogen (secondary N) is 1. The number of hydrogen-bond donors (Lipinski definition) is 1. The Labute approximate surface area is 175 Å². The number of pyridine rings is 1. The van der Waals surface area contributed by atoms with Crippen molar-refractivity contribution < 1.29 is 22.8 Å². The number of carbonyl (C=O) groups is 2. The van der Waals surface area contributed by atoms with E-state index >= 15 is 0 Å². The third-order valence-corrected chi connectivity index (χ3v) is 5.74. The molecule has 0 saturated heterocycles. The van der Waals surface area contributed by atoms with E-state index in [-0.39, 0.29) is 22.5 Å². The fourth-order valence-corrected chi connectivity index (χ4v) is 4.07. The SMILES string of the molecule is O=C(Nc1cccc2c1C(=O)N(CC1CC1)C2)c1c(C(F)(F)F)cnc2ccccc12. The minimum absolute atomic E-state index is 0.101. The van der Waals surface area contributed by atoms with Crippen LogP contribution in [0.5, 0.6) is 0 Å². The van der Waals surface area contributed by atoms with Crippen molar-refractivity contribution in [3.8, 4) is 0 Å². The van der Waals surface area contributed by atoms with Crippen molar-refractivity contribution in [2.75, 3.05) is 11.9 Å². The molecule has 1 saturated carbocycles. The first kappa shape index (κ1) is 19.5. The molecule has 2 aromatic carbocycles. The molecule has 1 fully saturated rings. The lowest BCUT2D eigenvalue weighted by molar-refractivity contribution is -0.138. The van der Waals surface area contributed by atoms with Crippen molar-refractivity contribution in [3.63, 3.8) is 0 Å². The molecule has 2 aliphatic rings. The van der Waals surface area contributed by atoms with Crippen LogP contribution in [0.4, 0.5) is 18.9 Å². The van der Waals surface area contributed by atoms with Gasteiger partial charge in [-0.15, -0.1) is 0 Å². The van der Waals surface area contributed by atoms with Crippen LogP contribution in [-0.4, -0.2) is 28.2 Å². The molecular weight excluding hydrogens is 407 g/mol. The molecule has 1 aliphatic carbocycles. The molecule has 0 radical (unpaired) electrons. The van der Waals surface area contributed by atoms with Gasteiger partial charge in [-0.25, -0.2) is 0 Å². The van der Waals surface area contributed by atoms with E-state index in [0.717, 1.165) is 18.4 Å². The molecular formula is C23H18F3N3O2. The Morgan fingerprint density at radius 2 is 1.90 bits per heavy atom. The van der Waals surface area contributed by atoms with E-state index in [1.54, 1.807) is 41.3 Å². The molecule has 2 amide bonds. The van der Waals surface area contributed by atoms with Crippen LogP contribution in [0.3, 0.4) is 0 Å². The number of rotatable bonds is 4. The second kappa shape index (κ2) is 7.08. The number of alkyl halides is 3. The highest BCUT2D eigenvalue weighted by atomic mass is 19.4. The summed E-state index contributed by atoms with van der Waals surface area (Å²) >= 11 is 0. The Bertz CT molecular complexity index is 1220. The molecule has 0 spiro atoms. The molecule has 8 heteroatoms. The van der Waals surface area contributed by atoms with Crippen LogP contribution in [0.25, 0.3) is 10.9 Å². The zero-order valence-electron chi connectivity index (χ0n) is 16.4. The maximum Gasteiger partial charge on any atom is 0.418 e. The summed E-state index contributed by atoms with van der Waals surface area (Å²) in [5.41, 5.74) is 0.00175. The first-order valence-electron chi connectivity index (χ1n) is 10.0. The molecule has 31 heavy (non-hydrogen) atoms. The van der Waals surface area contributed by atoms with Crippen molar-refractivity contribution in [2.45, 2.75) is 25.6 Å². The highest BCUT2D eigenvalue weighted by Crippen LogP contribution is 2.37. The number of nitrogens with zero attached hydrogens (tertiary/aromatic N) is 2. The normalized spacial score (nSPS) is 16.0. The van der Waals surface area contributed by atoms with E-state index in [9.17, 15) is 22.8 Å². The van der Waals surface area contributed by atoms with Crippen molar-refractivity contribution >= 4 is 28.4 Å². The lowest BCUT2D eigenvalue weighted by Gasteiger charge is -2.16. The van der Waals surface area contributed by atoms with Crippen LogP contribution < -0.4 is 5.32 Å². The molecule has 5 nitrogen and oxygen atoms in total. The summed E-state index contributed by atoms with van der Waals surface area (Å²) in [5, 5.41) is 2.67. The van der Waals surface area contributed by atoms with Gasteiger partial charge in [0.25, 0.3) is 11.8 Å². The molecule has 0 atom stereocenters. The van der Waals surface area contributed by atoms with Gasteiger partial charge in [-0.3, -0.25) is 14.6 Å². The third-order valence-electron chi connectivity index (χ3n) is 5.74. The molecule has 158 valence electrons. The summed E-state index contributed by atoms with van der Waals surface area (Å²) < 4.78 is 41.0. The minimum Gasteiger partial charge on any atom is -0.334 e. The van der Waals surface area contributed by atoms with Crippen LogP contribution in [0, 0.1) is 5.92 Å². The Morgan fingerprint density at radius 3 is 2.65 bits per heavy atom. The number of amides is 2. The number of aromatic nitrogens is 1. The van der Waals surface area contributed by atoms with Crippen molar-refractivity contribution in [1.82, 2.24) is 9.88 Å². The second-order valence-corrected chi connectivity index (χ2v) is 7.98. The van der Waals surface area contributed by atoms with Crippen molar-refractivity contribution in [2.24, 2.45) is 5.92 Å². The van der Waals surface area contributed by atoms with Gasteiger partial charge in [0.15, 0.2) is 0 Å². The third kappa shape index (κ3) is 3.52. The average molecular weight is 425 g/mol. The van der Waals surface area contributed by atoms with Gasteiger partial charge in [0, 0.05) is 24.7 Å². The summed E-state index contributed by atoms with van der Waals surface area (Å²) in [5.74, 6) is -0.616. The summed E-state index contributed by atoms with van der Waals surface area (Å²) in [6.07, 6.45) is -1.88. The van der Waals surface area contributed by atoms with E-state index in [1.807, 2.05) is 0 Å². The van der Waals surface area contributed by atoms with Gasteiger partial charge in [-0.2, -0.15) is 13.2 Å². The Hall–Kier alpha value is -3.42. The number of fused-ring (bicyclic) bond motifs is 2. The van der Waals surface area contributed by atoms with Gasteiger partial charge in [0.05, 0.1) is 27.9 Å². The molecule has 2 heterocycles. The molecule has 1 aliphatic heterocycles. The summed E-state index contributed by atoms with van der Waals surface area (Å²) in [6, 6.07) is 11.2. The van der Waals surface area contributed by atoms with Crippen LogP contribution in [0.2, 0.25) is 0 Å². The Kier molecular flexibility index (Phi) is 4.46. The zero-order chi connectivity index (χ0) is 21.8. The standard InChI is InChI=1S/C23H18F3N3O2/c24-23(25,26)16-10-27-17-6-2-1-5-15(17)20(16)21(30)28-18-7-3-4-14-12-29(11-13-8-9-13)22(31)19(14)18/h1-7,10,13H,8-9,11-12H2,(H,28,30).